The number of amides is 1. The Hall–Kier alpha value is -2.15. The van der Waals surface area contributed by atoms with E-state index in [9.17, 15) is 4.79 Å². The van der Waals surface area contributed by atoms with E-state index in [1.807, 2.05) is 18.2 Å². The minimum atomic E-state index is -0.272. The van der Waals surface area contributed by atoms with E-state index in [1.54, 1.807) is 24.4 Å². The average molecular weight is 377 g/mol. The Morgan fingerprint density at radius 1 is 1.38 bits per heavy atom. The van der Waals surface area contributed by atoms with E-state index in [0.717, 1.165) is 5.69 Å². The van der Waals surface area contributed by atoms with Crippen LogP contribution in [0.25, 0.3) is 0 Å². The molecule has 0 aliphatic carbocycles. The molecule has 1 aromatic heterocycles. The number of methoxy groups -OCH3 is 1. The fraction of sp³-hybridized carbons (Fsp3) is 0.368. The maximum Gasteiger partial charge on any atom is 0.255 e. The highest BCUT2D eigenvalue weighted by Gasteiger charge is 2.29. The highest BCUT2D eigenvalue weighted by Crippen LogP contribution is 2.23. The van der Waals surface area contributed by atoms with Gasteiger partial charge in [0.15, 0.2) is 0 Å². The van der Waals surface area contributed by atoms with Crippen LogP contribution in [0.3, 0.4) is 0 Å². The normalized spacial score (nSPS) is 19.8. The zero-order chi connectivity index (χ0) is 18.4. The molecule has 0 unspecified atom stereocenters. The average Bonchev–Trinajstić information content (AvgIpc) is 2.68. The lowest BCUT2D eigenvalue weighted by atomic mass is 10.1. The summed E-state index contributed by atoms with van der Waals surface area (Å²) < 4.78 is 16.8. The summed E-state index contributed by atoms with van der Waals surface area (Å²) in [5.41, 5.74) is 1.23. The van der Waals surface area contributed by atoms with E-state index in [0.29, 0.717) is 42.6 Å². The third kappa shape index (κ3) is 4.72. The first-order valence-electron chi connectivity index (χ1n) is 8.41. The van der Waals surface area contributed by atoms with Gasteiger partial charge in [-0.05, 0) is 36.8 Å². The zero-order valence-corrected chi connectivity index (χ0v) is 15.2. The Bertz CT molecular complexity index is 742. The number of carbonyl (C=O) groups is 1. The molecule has 0 saturated carbocycles. The van der Waals surface area contributed by atoms with Crippen LogP contribution in [0.4, 0.5) is 0 Å². The van der Waals surface area contributed by atoms with Gasteiger partial charge in [0.1, 0.15) is 5.75 Å². The number of nitrogens with zero attached hydrogens (tertiary/aromatic N) is 1. The molecule has 1 N–H and O–H groups in total. The van der Waals surface area contributed by atoms with Gasteiger partial charge in [-0.25, -0.2) is 0 Å². The SMILES string of the molecule is COc1ccc(Cl)cc1C(=O)N[C@@H]1COCC[C@H]1OCc1ccccn1. The monoisotopic (exact) mass is 376 g/mol. The lowest BCUT2D eigenvalue weighted by Crippen LogP contribution is -2.50. The van der Waals surface area contributed by atoms with Gasteiger partial charge >= 0.3 is 0 Å². The van der Waals surface area contributed by atoms with E-state index in [2.05, 4.69) is 10.3 Å². The Kier molecular flexibility index (Phi) is 6.44. The third-order valence-electron chi connectivity index (χ3n) is 4.19. The Morgan fingerprint density at radius 3 is 3.04 bits per heavy atom. The van der Waals surface area contributed by atoms with E-state index in [4.69, 9.17) is 25.8 Å². The van der Waals surface area contributed by atoms with Crippen LogP contribution in [0.1, 0.15) is 22.5 Å². The maximum absolute atomic E-state index is 12.7. The summed E-state index contributed by atoms with van der Waals surface area (Å²) >= 11 is 6.01. The summed E-state index contributed by atoms with van der Waals surface area (Å²) in [5.74, 6) is 0.195. The van der Waals surface area contributed by atoms with E-state index in [-0.39, 0.29) is 18.1 Å². The van der Waals surface area contributed by atoms with Gasteiger partial charge in [0, 0.05) is 17.8 Å². The van der Waals surface area contributed by atoms with Crippen LogP contribution in [0.2, 0.25) is 5.02 Å². The van der Waals surface area contributed by atoms with Gasteiger partial charge in [0.05, 0.1) is 43.7 Å². The topological polar surface area (TPSA) is 69.7 Å². The van der Waals surface area contributed by atoms with Crippen molar-refractivity contribution in [3.05, 3.63) is 58.9 Å². The molecule has 0 bridgehead atoms. The molecular formula is C19H21ClN2O4. The largest absolute Gasteiger partial charge is 0.496 e. The van der Waals surface area contributed by atoms with Gasteiger partial charge < -0.3 is 19.5 Å². The molecule has 0 radical (unpaired) electrons. The fourth-order valence-corrected chi connectivity index (χ4v) is 3.00. The van der Waals surface area contributed by atoms with Crippen LogP contribution in [-0.4, -0.2) is 43.4 Å². The molecule has 1 fully saturated rings. The van der Waals surface area contributed by atoms with Crippen LogP contribution >= 0.6 is 11.6 Å². The molecule has 1 aromatic carbocycles. The summed E-state index contributed by atoms with van der Waals surface area (Å²) in [6.45, 7) is 1.37. The van der Waals surface area contributed by atoms with E-state index >= 15 is 0 Å². The molecule has 1 aliphatic rings. The Morgan fingerprint density at radius 2 is 2.27 bits per heavy atom. The summed E-state index contributed by atoms with van der Waals surface area (Å²) in [6.07, 6.45) is 2.28. The van der Waals surface area contributed by atoms with Gasteiger partial charge in [-0.15, -0.1) is 0 Å². The number of pyridine rings is 1. The predicted octanol–water partition coefficient (Wildman–Crippen LogP) is 2.85. The number of halogens is 1. The first kappa shape index (κ1) is 18.6. The fourth-order valence-electron chi connectivity index (χ4n) is 2.83. The van der Waals surface area contributed by atoms with Gasteiger partial charge in [-0.2, -0.15) is 0 Å². The smallest absolute Gasteiger partial charge is 0.255 e. The molecule has 3 rings (SSSR count). The van der Waals surface area contributed by atoms with Crippen molar-refractivity contribution in [2.75, 3.05) is 20.3 Å². The number of hydrogen-bond acceptors (Lipinski definition) is 5. The second kappa shape index (κ2) is 8.98. The second-order valence-electron chi connectivity index (χ2n) is 5.96. The van der Waals surface area contributed by atoms with Crippen molar-refractivity contribution < 1.29 is 19.0 Å². The van der Waals surface area contributed by atoms with Crippen molar-refractivity contribution in [3.8, 4) is 5.75 Å². The van der Waals surface area contributed by atoms with Crippen LogP contribution < -0.4 is 10.1 Å². The Balaban J connectivity index is 1.66. The summed E-state index contributed by atoms with van der Waals surface area (Å²) in [4.78, 5) is 16.9. The van der Waals surface area contributed by atoms with Gasteiger partial charge in [-0.1, -0.05) is 17.7 Å². The minimum Gasteiger partial charge on any atom is -0.496 e. The molecule has 1 amide bonds. The lowest BCUT2D eigenvalue weighted by molar-refractivity contribution is -0.0612. The van der Waals surface area contributed by atoms with Crippen LogP contribution in [0.5, 0.6) is 5.75 Å². The molecule has 2 atom stereocenters. The molecule has 2 aromatic rings. The van der Waals surface area contributed by atoms with Crippen LogP contribution in [-0.2, 0) is 16.1 Å². The molecule has 138 valence electrons. The molecular weight excluding hydrogens is 356 g/mol. The number of hydrogen-bond donors (Lipinski definition) is 1. The Labute approximate surface area is 157 Å². The number of nitrogens with one attached hydrogen (secondary N) is 1. The minimum absolute atomic E-state index is 0.153. The highest BCUT2D eigenvalue weighted by molar-refractivity contribution is 6.31. The van der Waals surface area contributed by atoms with Crippen molar-refractivity contribution in [1.29, 1.82) is 0 Å². The number of ether oxygens (including phenoxy) is 3. The number of carbonyl (C=O) groups excluding carboxylic acids is 1. The molecule has 6 nitrogen and oxygen atoms in total. The van der Waals surface area contributed by atoms with E-state index < -0.39 is 0 Å². The first-order chi connectivity index (χ1) is 12.7. The van der Waals surface area contributed by atoms with Crippen molar-refractivity contribution in [2.45, 2.75) is 25.2 Å². The summed E-state index contributed by atoms with van der Waals surface area (Å²) in [7, 11) is 1.52. The quantitative estimate of drug-likeness (QED) is 0.839. The van der Waals surface area contributed by atoms with Crippen LogP contribution in [0.15, 0.2) is 42.6 Å². The maximum atomic E-state index is 12.7. The van der Waals surface area contributed by atoms with Gasteiger partial charge in [-0.3, -0.25) is 9.78 Å². The van der Waals surface area contributed by atoms with Crippen molar-refractivity contribution >= 4 is 17.5 Å². The summed E-state index contributed by atoms with van der Waals surface area (Å²) in [6, 6.07) is 10.4. The number of benzene rings is 1. The highest BCUT2D eigenvalue weighted by atomic mass is 35.5. The molecule has 1 aliphatic heterocycles. The zero-order valence-electron chi connectivity index (χ0n) is 14.5. The first-order valence-corrected chi connectivity index (χ1v) is 8.79. The summed E-state index contributed by atoms with van der Waals surface area (Å²) in [5, 5.41) is 3.45. The van der Waals surface area contributed by atoms with E-state index in [1.165, 1.54) is 7.11 Å². The van der Waals surface area contributed by atoms with Gasteiger partial charge in [0.25, 0.3) is 5.91 Å². The molecule has 0 spiro atoms. The van der Waals surface area contributed by atoms with Crippen molar-refractivity contribution in [3.63, 3.8) is 0 Å². The van der Waals surface area contributed by atoms with Gasteiger partial charge in [0.2, 0.25) is 0 Å². The predicted molar refractivity (Wildman–Crippen MR) is 97.5 cm³/mol. The molecule has 2 heterocycles. The number of rotatable bonds is 6. The lowest BCUT2D eigenvalue weighted by Gasteiger charge is -2.32. The molecule has 7 heteroatoms. The van der Waals surface area contributed by atoms with Crippen LogP contribution in [0, 0.1) is 0 Å². The number of aromatic nitrogens is 1. The molecule has 26 heavy (non-hydrogen) atoms. The second-order valence-corrected chi connectivity index (χ2v) is 6.40. The van der Waals surface area contributed by atoms with Crippen molar-refractivity contribution in [1.82, 2.24) is 10.3 Å². The standard InChI is InChI=1S/C19H21ClN2O4/c1-24-17-6-5-13(20)10-15(17)19(23)22-16-12-25-9-7-18(16)26-11-14-4-2-3-8-21-14/h2-6,8,10,16,18H,7,9,11-12H2,1H3,(H,22,23)/t16-,18-/m1/s1. The van der Waals surface area contributed by atoms with Crippen molar-refractivity contribution in [2.24, 2.45) is 0 Å². The third-order valence-corrected chi connectivity index (χ3v) is 4.42. The molecule has 1 saturated heterocycles.